The van der Waals surface area contributed by atoms with E-state index in [-0.39, 0.29) is 21.1 Å². The molecule has 1 aromatic carbocycles. The molecule has 4 saturated carbocycles. The highest BCUT2D eigenvalue weighted by atomic mass is 35.5. The molecule has 0 aliphatic heterocycles. The molecule has 0 heterocycles. The van der Waals surface area contributed by atoms with Crippen LogP contribution in [0.25, 0.3) is 0 Å². The van der Waals surface area contributed by atoms with Gasteiger partial charge in [0.05, 0.1) is 10.3 Å². The Bertz CT molecular complexity index is 821. The van der Waals surface area contributed by atoms with Crippen molar-refractivity contribution in [2.75, 3.05) is 19.4 Å². The zero-order valence-electron chi connectivity index (χ0n) is 15.2. The van der Waals surface area contributed by atoms with E-state index in [0.29, 0.717) is 17.5 Å². The molecule has 0 unspecified atom stereocenters. The van der Waals surface area contributed by atoms with Crippen molar-refractivity contribution in [1.82, 2.24) is 4.31 Å². The van der Waals surface area contributed by atoms with Crippen LogP contribution in [0.15, 0.2) is 29.2 Å². The molecular weight excluding hydrogens is 372 g/mol. The fourth-order valence-electron chi connectivity index (χ4n) is 5.60. The Morgan fingerprint density at radius 3 is 2.19 bits per heavy atom. The topological polar surface area (TPSA) is 66.5 Å². The molecule has 2 atom stereocenters. The van der Waals surface area contributed by atoms with E-state index < -0.39 is 10.0 Å². The van der Waals surface area contributed by atoms with Gasteiger partial charge in [-0.1, -0.05) is 0 Å². The second kappa shape index (κ2) is 5.94. The summed E-state index contributed by atoms with van der Waals surface area (Å²) >= 11 is 6.82. The quantitative estimate of drug-likeness (QED) is 0.792. The largest absolute Gasteiger partial charge is 0.326 e. The molecule has 4 fully saturated rings. The number of hydrogen-bond donors (Lipinski definition) is 1. The molecular formula is C19H25ClN2O3S. The lowest BCUT2D eigenvalue weighted by Crippen LogP contribution is -2.57. The van der Waals surface area contributed by atoms with Crippen molar-refractivity contribution < 1.29 is 13.2 Å². The first-order chi connectivity index (χ1) is 12.1. The van der Waals surface area contributed by atoms with Gasteiger partial charge in [0.25, 0.3) is 0 Å². The van der Waals surface area contributed by atoms with Crippen LogP contribution in [0.5, 0.6) is 0 Å². The first kappa shape index (κ1) is 18.3. The summed E-state index contributed by atoms with van der Waals surface area (Å²) in [7, 11) is -0.464. The summed E-state index contributed by atoms with van der Waals surface area (Å²) in [6, 6.07) is 6.39. The number of carbonyl (C=O) groups is 1. The average Bonchev–Trinajstić information content (AvgIpc) is 2.52. The summed E-state index contributed by atoms with van der Waals surface area (Å²) in [4.78, 5) is 13.1. The van der Waals surface area contributed by atoms with Crippen LogP contribution in [0.1, 0.15) is 38.5 Å². The molecule has 0 saturated heterocycles. The van der Waals surface area contributed by atoms with Crippen molar-refractivity contribution in [3.8, 4) is 0 Å². The SMILES string of the molecule is CN(C)S(=O)(=O)c1ccc(NC(=O)C23C[C@H]4C[C@@H](CC(Cl)(C4)C2)C3)cc1. The molecule has 7 heteroatoms. The fraction of sp³-hybridized carbons (Fsp3) is 0.632. The lowest BCUT2D eigenvalue weighted by atomic mass is 9.49. The molecule has 1 N–H and O–H groups in total. The number of hydrogen-bond acceptors (Lipinski definition) is 3. The van der Waals surface area contributed by atoms with Gasteiger partial charge in [0.2, 0.25) is 15.9 Å². The van der Waals surface area contributed by atoms with Gasteiger partial charge in [0, 0.05) is 24.7 Å². The number of alkyl halides is 1. The number of rotatable bonds is 4. The Labute approximate surface area is 160 Å². The molecule has 0 aromatic heterocycles. The molecule has 5 nitrogen and oxygen atoms in total. The Hall–Kier alpha value is -1.11. The van der Waals surface area contributed by atoms with E-state index in [2.05, 4.69) is 5.32 Å². The van der Waals surface area contributed by atoms with Gasteiger partial charge in [0.15, 0.2) is 0 Å². The summed E-state index contributed by atoms with van der Waals surface area (Å²) in [5, 5.41) is 3.02. The Kier molecular flexibility index (Phi) is 4.18. The molecule has 4 aliphatic carbocycles. The normalized spacial score (nSPS) is 35.7. The van der Waals surface area contributed by atoms with Crippen LogP contribution in [-0.4, -0.2) is 37.6 Å². The van der Waals surface area contributed by atoms with Gasteiger partial charge in [-0.3, -0.25) is 4.79 Å². The van der Waals surface area contributed by atoms with Crippen molar-refractivity contribution in [1.29, 1.82) is 0 Å². The summed E-state index contributed by atoms with van der Waals surface area (Å²) in [5.74, 6) is 1.17. The molecule has 5 rings (SSSR count). The molecule has 142 valence electrons. The molecule has 26 heavy (non-hydrogen) atoms. The summed E-state index contributed by atoms with van der Waals surface area (Å²) in [6.45, 7) is 0. The van der Waals surface area contributed by atoms with Gasteiger partial charge < -0.3 is 5.32 Å². The average molecular weight is 397 g/mol. The van der Waals surface area contributed by atoms with Gasteiger partial charge >= 0.3 is 0 Å². The van der Waals surface area contributed by atoms with Crippen molar-refractivity contribution >= 4 is 33.2 Å². The monoisotopic (exact) mass is 396 g/mol. The minimum absolute atomic E-state index is 0.0415. The fourth-order valence-corrected chi connectivity index (χ4v) is 7.20. The maximum atomic E-state index is 13.1. The summed E-state index contributed by atoms with van der Waals surface area (Å²) in [5.41, 5.74) is 0.271. The van der Waals surface area contributed by atoms with Crippen LogP contribution >= 0.6 is 11.6 Å². The number of halogens is 1. The maximum Gasteiger partial charge on any atom is 0.242 e. The molecule has 4 aliphatic rings. The summed E-state index contributed by atoms with van der Waals surface area (Å²) in [6.07, 6.45) is 5.90. The van der Waals surface area contributed by atoms with Crippen LogP contribution in [0, 0.1) is 17.3 Å². The predicted octanol–water partition coefficient (Wildman–Crippen LogP) is 3.45. The highest BCUT2D eigenvalue weighted by Crippen LogP contribution is 2.64. The van der Waals surface area contributed by atoms with E-state index in [4.69, 9.17) is 11.6 Å². The van der Waals surface area contributed by atoms with Crippen molar-refractivity contribution in [2.24, 2.45) is 17.3 Å². The minimum atomic E-state index is -3.46. The third-order valence-corrected chi connectivity index (χ3v) is 8.63. The Morgan fingerprint density at radius 1 is 1.12 bits per heavy atom. The Morgan fingerprint density at radius 2 is 1.69 bits per heavy atom. The number of nitrogens with zero attached hydrogens (tertiary/aromatic N) is 1. The van der Waals surface area contributed by atoms with Gasteiger partial charge in [0.1, 0.15) is 0 Å². The molecule has 0 radical (unpaired) electrons. The van der Waals surface area contributed by atoms with E-state index in [1.165, 1.54) is 37.0 Å². The third-order valence-electron chi connectivity index (χ3n) is 6.36. The lowest BCUT2D eigenvalue weighted by Gasteiger charge is -2.59. The van der Waals surface area contributed by atoms with Crippen molar-refractivity contribution in [2.45, 2.75) is 48.3 Å². The van der Waals surface area contributed by atoms with Crippen LogP contribution in [-0.2, 0) is 14.8 Å². The van der Waals surface area contributed by atoms with Gasteiger partial charge in [-0.25, -0.2) is 12.7 Å². The van der Waals surface area contributed by atoms with E-state index in [0.717, 1.165) is 32.1 Å². The second-order valence-electron chi connectivity index (χ2n) is 8.66. The third kappa shape index (κ3) is 2.96. The van der Waals surface area contributed by atoms with Crippen LogP contribution in [0.4, 0.5) is 5.69 Å². The van der Waals surface area contributed by atoms with E-state index in [1.54, 1.807) is 12.1 Å². The van der Waals surface area contributed by atoms with Crippen molar-refractivity contribution in [3.05, 3.63) is 24.3 Å². The van der Waals surface area contributed by atoms with Crippen LogP contribution in [0.3, 0.4) is 0 Å². The van der Waals surface area contributed by atoms with Crippen LogP contribution in [0.2, 0.25) is 0 Å². The Balaban J connectivity index is 1.52. The second-order valence-corrected chi connectivity index (χ2v) is 11.6. The number of nitrogens with one attached hydrogen (secondary N) is 1. The molecule has 0 spiro atoms. The van der Waals surface area contributed by atoms with Gasteiger partial charge in [-0.05, 0) is 74.6 Å². The molecule has 1 amide bonds. The number of anilines is 1. The standard InChI is InChI=1S/C19H25ClN2O3S/c1-22(2)26(24,25)16-5-3-15(4-6-16)21-17(23)18-8-13-7-14(9-18)11-19(20,10-13)12-18/h3-6,13-14H,7-12H2,1-2H3,(H,21,23)/t13-,14-,18?,19?/m1/s1. The number of sulfonamides is 1. The molecule has 4 bridgehead atoms. The van der Waals surface area contributed by atoms with E-state index >= 15 is 0 Å². The molecule has 1 aromatic rings. The highest BCUT2D eigenvalue weighted by molar-refractivity contribution is 7.89. The van der Waals surface area contributed by atoms with Crippen LogP contribution < -0.4 is 5.32 Å². The summed E-state index contributed by atoms with van der Waals surface area (Å²) < 4.78 is 25.5. The van der Waals surface area contributed by atoms with E-state index in [9.17, 15) is 13.2 Å². The predicted molar refractivity (Wildman–Crippen MR) is 102 cm³/mol. The van der Waals surface area contributed by atoms with Gasteiger partial charge in [-0.2, -0.15) is 0 Å². The lowest BCUT2D eigenvalue weighted by molar-refractivity contribution is -0.138. The maximum absolute atomic E-state index is 13.1. The smallest absolute Gasteiger partial charge is 0.242 e. The number of carbonyl (C=O) groups excluding carboxylic acids is 1. The highest BCUT2D eigenvalue weighted by Gasteiger charge is 2.60. The number of benzene rings is 1. The van der Waals surface area contributed by atoms with Crippen molar-refractivity contribution in [3.63, 3.8) is 0 Å². The zero-order chi connectivity index (χ0) is 18.7. The van der Waals surface area contributed by atoms with Gasteiger partial charge in [-0.15, -0.1) is 11.6 Å². The first-order valence-electron chi connectivity index (χ1n) is 9.15. The van der Waals surface area contributed by atoms with E-state index in [1.807, 2.05) is 0 Å². The first-order valence-corrected chi connectivity index (χ1v) is 11.0. The zero-order valence-corrected chi connectivity index (χ0v) is 16.7. The minimum Gasteiger partial charge on any atom is -0.326 e. The number of amides is 1.